The van der Waals surface area contributed by atoms with Gasteiger partial charge in [0.2, 0.25) is 0 Å². The topological polar surface area (TPSA) is 89.8 Å². The van der Waals surface area contributed by atoms with Gasteiger partial charge in [-0.25, -0.2) is 0 Å². The van der Waals surface area contributed by atoms with Gasteiger partial charge in [0.05, 0.1) is 17.8 Å². The zero-order valence-electron chi connectivity index (χ0n) is 11.8. The average molecular weight is 381 g/mol. The zero-order valence-corrected chi connectivity index (χ0v) is 14.2. The quantitative estimate of drug-likeness (QED) is 0.296. The number of non-ortho nitro benzene ring substituents is 1. The summed E-state index contributed by atoms with van der Waals surface area (Å²) >= 11 is 3.33. The molecule has 1 rings (SSSR count). The monoisotopic (exact) mass is 380 g/mol. The summed E-state index contributed by atoms with van der Waals surface area (Å²) in [7, 11) is -3.47. The molecule has 0 bridgehead atoms. The summed E-state index contributed by atoms with van der Waals surface area (Å²) in [5, 5.41) is 11.4. The van der Waals surface area contributed by atoms with Crippen LogP contribution in [0.5, 0.6) is 0 Å². The van der Waals surface area contributed by atoms with Crippen molar-refractivity contribution in [2.45, 2.75) is 6.92 Å². The third kappa shape index (κ3) is 5.98. The molecule has 21 heavy (non-hydrogen) atoms. The van der Waals surface area contributed by atoms with E-state index in [-0.39, 0.29) is 12.3 Å². The Kier molecular flexibility index (Phi) is 6.56. The van der Waals surface area contributed by atoms with Gasteiger partial charge in [-0.2, -0.15) is 8.42 Å². The van der Waals surface area contributed by atoms with Crippen molar-refractivity contribution in [3.63, 3.8) is 0 Å². The van der Waals surface area contributed by atoms with Gasteiger partial charge >= 0.3 is 0 Å². The number of alkyl halides is 1. The number of nitro benzene ring substituents is 1. The van der Waals surface area contributed by atoms with Crippen molar-refractivity contribution < 1.29 is 17.5 Å². The standard InChI is InChI=1S/C12H17BrN2O5S/c1-10-9-11(15(16)17)3-4-12(10)14(6-5-13)7-8-20-21(2,18)19/h3-4,9H,5-8H2,1-2H3. The SMILES string of the molecule is Cc1cc([N+](=O)[O-])ccc1N(CCBr)CCOS(C)(=O)=O. The lowest BCUT2D eigenvalue weighted by atomic mass is 10.1. The number of hydrogen-bond donors (Lipinski definition) is 0. The van der Waals surface area contributed by atoms with Crippen LogP contribution in [0, 0.1) is 17.0 Å². The van der Waals surface area contributed by atoms with Gasteiger partial charge < -0.3 is 4.90 Å². The minimum Gasteiger partial charge on any atom is -0.368 e. The summed E-state index contributed by atoms with van der Waals surface area (Å²) in [6.45, 7) is 2.81. The van der Waals surface area contributed by atoms with E-state index in [4.69, 9.17) is 4.18 Å². The van der Waals surface area contributed by atoms with Crippen molar-refractivity contribution in [1.29, 1.82) is 0 Å². The van der Waals surface area contributed by atoms with E-state index in [1.165, 1.54) is 12.1 Å². The molecule has 1 aromatic rings. The predicted octanol–water partition coefficient (Wildman–Crippen LogP) is 2.08. The van der Waals surface area contributed by atoms with E-state index in [0.29, 0.717) is 18.4 Å². The Morgan fingerprint density at radius 3 is 2.52 bits per heavy atom. The molecule has 0 heterocycles. The van der Waals surface area contributed by atoms with E-state index in [0.717, 1.165) is 17.5 Å². The Hall–Kier alpha value is -1.19. The first-order valence-corrected chi connectivity index (χ1v) is 9.09. The molecule has 0 spiro atoms. The average Bonchev–Trinajstić information content (AvgIpc) is 2.36. The van der Waals surface area contributed by atoms with Crippen LogP contribution in [0.15, 0.2) is 18.2 Å². The lowest BCUT2D eigenvalue weighted by Crippen LogP contribution is -2.30. The second-order valence-corrected chi connectivity index (χ2v) is 6.87. The molecule has 0 aliphatic carbocycles. The second kappa shape index (κ2) is 7.71. The Balaban J connectivity index is 2.87. The molecule has 0 saturated carbocycles. The molecule has 0 atom stereocenters. The molecule has 0 unspecified atom stereocenters. The van der Waals surface area contributed by atoms with Crippen molar-refractivity contribution >= 4 is 37.4 Å². The van der Waals surface area contributed by atoms with Gasteiger partial charge in [0.25, 0.3) is 15.8 Å². The maximum atomic E-state index is 11.0. The third-order valence-corrected chi connectivity index (χ3v) is 3.69. The summed E-state index contributed by atoms with van der Waals surface area (Å²) in [6, 6.07) is 4.59. The van der Waals surface area contributed by atoms with E-state index in [2.05, 4.69) is 15.9 Å². The molecular weight excluding hydrogens is 364 g/mol. The summed E-state index contributed by atoms with van der Waals surface area (Å²) in [5.74, 6) is 0. The molecule has 1 aromatic carbocycles. The van der Waals surface area contributed by atoms with Crippen LogP contribution in [0.4, 0.5) is 11.4 Å². The van der Waals surface area contributed by atoms with Crippen LogP contribution in [0.25, 0.3) is 0 Å². The lowest BCUT2D eigenvalue weighted by Gasteiger charge is -2.25. The van der Waals surface area contributed by atoms with Gasteiger partial charge in [0.1, 0.15) is 0 Å². The molecule has 0 radical (unpaired) electrons. The minimum absolute atomic E-state index is 0.0300. The van der Waals surface area contributed by atoms with E-state index >= 15 is 0 Å². The number of rotatable bonds is 8. The first-order valence-electron chi connectivity index (χ1n) is 6.15. The summed E-state index contributed by atoms with van der Waals surface area (Å²) in [4.78, 5) is 12.2. The normalized spacial score (nSPS) is 11.4. The first-order chi connectivity index (χ1) is 9.74. The number of hydrogen-bond acceptors (Lipinski definition) is 6. The number of benzene rings is 1. The van der Waals surface area contributed by atoms with Crippen molar-refractivity contribution in [2.75, 3.05) is 36.2 Å². The van der Waals surface area contributed by atoms with Crippen molar-refractivity contribution in [1.82, 2.24) is 0 Å². The maximum Gasteiger partial charge on any atom is 0.269 e. The number of nitro groups is 1. The van der Waals surface area contributed by atoms with Crippen molar-refractivity contribution in [3.8, 4) is 0 Å². The van der Waals surface area contributed by atoms with Crippen molar-refractivity contribution in [3.05, 3.63) is 33.9 Å². The van der Waals surface area contributed by atoms with Crippen LogP contribution in [0.2, 0.25) is 0 Å². The lowest BCUT2D eigenvalue weighted by molar-refractivity contribution is -0.384. The molecule has 0 aliphatic rings. The zero-order chi connectivity index (χ0) is 16.0. The molecule has 0 aliphatic heterocycles. The highest BCUT2D eigenvalue weighted by Gasteiger charge is 2.14. The number of halogens is 1. The van der Waals surface area contributed by atoms with Crippen LogP contribution >= 0.6 is 15.9 Å². The molecular formula is C12H17BrN2O5S. The third-order valence-electron chi connectivity index (χ3n) is 2.74. The van der Waals surface area contributed by atoms with Crippen LogP contribution in [-0.2, 0) is 14.3 Å². The largest absolute Gasteiger partial charge is 0.368 e. The molecule has 0 N–H and O–H groups in total. The predicted molar refractivity (Wildman–Crippen MR) is 84.6 cm³/mol. The highest BCUT2D eigenvalue weighted by molar-refractivity contribution is 9.09. The Morgan fingerprint density at radius 2 is 2.05 bits per heavy atom. The minimum atomic E-state index is -3.47. The van der Waals surface area contributed by atoms with Gasteiger partial charge in [0, 0.05) is 36.2 Å². The number of nitrogens with zero attached hydrogens (tertiary/aromatic N) is 2. The molecule has 7 nitrogen and oxygen atoms in total. The van der Waals surface area contributed by atoms with E-state index < -0.39 is 15.0 Å². The highest BCUT2D eigenvalue weighted by atomic mass is 79.9. The fourth-order valence-corrected chi connectivity index (χ4v) is 2.67. The fourth-order valence-electron chi connectivity index (χ4n) is 1.86. The summed E-state index contributed by atoms with van der Waals surface area (Å²) in [6.07, 6.45) is 0.999. The molecule has 118 valence electrons. The Morgan fingerprint density at radius 1 is 1.38 bits per heavy atom. The first kappa shape index (κ1) is 17.9. The molecule has 0 fully saturated rings. The van der Waals surface area contributed by atoms with Gasteiger partial charge in [-0.05, 0) is 18.6 Å². The van der Waals surface area contributed by atoms with Gasteiger partial charge in [0.15, 0.2) is 0 Å². The van der Waals surface area contributed by atoms with Crippen LogP contribution in [0.1, 0.15) is 5.56 Å². The summed E-state index contributed by atoms with van der Waals surface area (Å²) in [5.41, 5.74) is 1.60. The maximum absolute atomic E-state index is 11.0. The van der Waals surface area contributed by atoms with Gasteiger partial charge in [-0.15, -0.1) is 0 Å². The molecule has 0 saturated heterocycles. The van der Waals surface area contributed by atoms with Gasteiger partial charge in [-0.1, -0.05) is 15.9 Å². The molecule has 9 heteroatoms. The smallest absolute Gasteiger partial charge is 0.269 e. The Labute approximate surface area is 132 Å². The Bertz CT molecular complexity index is 606. The number of aryl methyl sites for hydroxylation is 1. The second-order valence-electron chi connectivity index (χ2n) is 4.43. The van der Waals surface area contributed by atoms with Crippen LogP contribution in [-0.4, -0.2) is 44.6 Å². The van der Waals surface area contributed by atoms with E-state index in [1.807, 2.05) is 4.90 Å². The highest BCUT2D eigenvalue weighted by Crippen LogP contribution is 2.24. The van der Waals surface area contributed by atoms with Gasteiger partial charge in [-0.3, -0.25) is 14.3 Å². The summed E-state index contributed by atoms with van der Waals surface area (Å²) < 4.78 is 26.7. The fraction of sp³-hybridized carbons (Fsp3) is 0.500. The van der Waals surface area contributed by atoms with E-state index in [9.17, 15) is 18.5 Å². The molecule has 0 aromatic heterocycles. The van der Waals surface area contributed by atoms with Crippen LogP contribution in [0.3, 0.4) is 0 Å². The number of anilines is 1. The van der Waals surface area contributed by atoms with E-state index in [1.54, 1.807) is 13.0 Å². The molecule has 0 amide bonds. The van der Waals surface area contributed by atoms with Crippen LogP contribution < -0.4 is 4.90 Å². The van der Waals surface area contributed by atoms with Crippen molar-refractivity contribution in [2.24, 2.45) is 0 Å².